The van der Waals surface area contributed by atoms with Crippen molar-refractivity contribution in [3.05, 3.63) is 52.2 Å². The lowest BCUT2D eigenvalue weighted by Crippen LogP contribution is -2.50. The van der Waals surface area contributed by atoms with E-state index in [-0.39, 0.29) is 11.8 Å². The summed E-state index contributed by atoms with van der Waals surface area (Å²) in [7, 11) is 1.60. The molecule has 0 atom stereocenters. The van der Waals surface area contributed by atoms with Gasteiger partial charge >= 0.3 is 0 Å². The van der Waals surface area contributed by atoms with Gasteiger partial charge in [0.2, 0.25) is 5.91 Å². The number of piperazine rings is 1. The van der Waals surface area contributed by atoms with Crippen LogP contribution >= 0.6 is 11.3 Å². The summed E-state index contributed by atoms with van der Waals surface area (Å²) < 4.78 is 11.0. The predicted molar refractivity (Wildman–Crippen MR) is 115 cm³/mol. The minimum absolute atomic E-state index is 0.0418. The first kappa shape index (κ1) is 20.9. The number of nitrogens with zero attached hydrogens (tertiary/aromatic N) is 2. The minimum Gasteiger partial charge on any atom is -0.493 e. The fourth-order valence-electron chi connectivity index (χ4n) is 3.08. The van der Waals surface area contributed by atoms with E-state index in [0.717, 1.165) is 16.9 Å². The third kappa shape index (κ3) is 5.38. The topological polar surface area (TPSA) is 59.1 Å². The van der Waals surface area contributed by atoms with Crippen LogP contribution in [0.3, 0.4) is 0 Å². The summed E-state index contributed by atoms with van der Waals surface area (Å²) >= 11 is 1.44. The van der Waals surface area contributed by atoms with Crippen molar-refractivity contribution in [1.82, 2.24) is 9.80 Å². The molecule has 0 spiro atoms. The third-order valence-corrected chi connectivity index (χ3v) is 5.54. The molecule has 0 N–H and O–H groups in total. The molecule has 2 heterocycles. The third-order valence-electron chi connectivity index (χ3n) is 4.68. The molecule has 0 unspecified atom stereocenters. The summed E-state index contributed by atoms with van der Waals surface area (Å²) in [5, 5.41) is 1.90. The van der Waals surface area contributed by atoms with Crippen LogP contribution in [0.15, 0.2) is 41.8 Å². The number of ether oxygens (including phenoxy) is 2. The minimum atomic E-state index is -0.0569. The molecule has 7 heteroatoms. The zero-order valence-electron chi connectivity index (χ0n) is 16.8. The Labute approximate surface area is 175 Å². The number of carbonyl (C=O) groups is 2. The second-order valence-electron chi connectivity index (χ2n) is 6.69. The molecule has 1 fully saturated rings. The Kier molecular flexibility index (Phi) is 7.30. The highest BCUT2D eigenvalue weighted by molar-refractivity contribution is 7.12. The van der Waals surface area contributed by atoms with E-state index in [9.17, 15) is 9.59 Å². The molecular formula is C22H26N2O4S. The number of methoxy groups -OCH3 is 1. The first-order valence-electron chi connectivity index (χ1n) is 9.73. The molecule has 0 aliphatic carbocycles. The largest absolute Gasteiger partial charge is 0.493 e. The molecule has 2 amide bonds. The van der Waals surface area contributed by atoms with E-state index in [0.29, 0.717) is 44.3 Å². The summed E-state index contributed by atoms with van der Waals surface area (Å²) in [4.78, 5) is 29.2. The van der Waals surface area contributed by atoms with Crippen LogP contribution in [0.4, 0.5) is 0 Å². The summed E-state index contributed by atoms with van der Waals surface area (Å²) in [6.45, 7) is 4.85. The van der Waals surface area contributed by atoms with E-state index in [4.69, 9.17) is 9.47 Å². The van der Waals surface area contributed by atoms with Crippen molar-refractivity contribution in [1.29, 1.82) is 0 Å². The van der Waals surface area contributed by atoms with Gasteiger partial charge in [-0.1, -0.05) is 19.1 Å². The SMILES string of the molecule is CCCOc1ccc(/C=C/C(=O)N2CCN(C(=O)c3cccs3)CC2)cc1OC. The zero-order chi connectivity index (χ0) is 20.6. The van der Waals surface area contributed by atoms with Gasteiger partial charge in [-0.3, -0.25) is 9.59 Å². The lowest BCUT2D eigenvalue weighted by atomic mass is 10.2. The molecule has 1 aliphatic heterocycles. The predicted octanol–water partition coefficient (Wildman–Crippen LogP) is 3.54. The molecule has 0 saturated carbocycles. The summed E-state index contributed by atoms with van der Waals surface area (Å²) in [5.41, 5.74) is 0.866. The van der Waals surface area contributed by atoms with E-state index >= 15 is 0 Å². The van der Waals surface area contributed by atoms with Crippen LogP contribution in [0.5, 0.6) is 11.5 Å². The van der Waals surface area contributed by atoms with Crippen molar-refractivity contribution < 1.29 is 19.1 Å². The molecule has 1 aromatic carbocycles. The molecule has 1 saturated heterocycles. The van der Waals surface area contributed by atoms with Crippen molar-refractivity contribution in [3.8, 4) is 11.5 Å². The molecule has 154 valence electrons. The number of hydrogen-bond donors (Lipinski definition) is 0. The zero-order valence-corrected chi connectivity index (χ0v) is 17.6. The van der Waals surface area contributed by atoms with Gasteiger partial charge in [-0.15, -0.1) is 11.3 Å². The van der Waals surface area contributed by atoms with Gasteiger partial charge in [0.1, 0.15) is 0 Å². The van der Waals surface area contributed by atoms with Gasteiger partial charge in [0, 0.05) is 32.3 Å². The van der Waals surface area contributed by atoms with Crippen molar-refractivity contribution in [2.24, 2.45) is 0 Å². The number of benzene rings is 1. The van der Waals surface area contributed by atoms with Crippen LogP contribution < -0.4 is 9.47 Å². The monoisotopic (exact) mass is 414 g/mol. The lowest BCUT2D eigenvalue weighted by molar-refractivity contribution is -0.127. The Morgan fingerprint density at radius 1 is 1.10 bits per heavy atom. The highest BCUT2D eigenvalue weighted by Crippen LogP contribution is 2.28. The Bertz CT molecular complexity index is 856. The van der Waals surface area contributed by atoms with Crippen molar-refractivity contribution >= 4 is 29.2 Å². The van der Waals surface area contributed by atoms with Crippen LogP contribution in [0.1, 0.15) is 28.6 Å². The molecular weight excluding hydrogens is 388 g/mol. The van der Waals surface area contributed by atoms with Crippen LogP contribution in [0.25, 0.3) is 6.08 Å². The van der Waals surface area contributed by atoms with Crippen LogP contribution in [0, 0.1) is 0 Å². The van der Waals surface area contributed by atoms with E-state index in [1.165, 1.54) is 11.3 Å². The van der Waals surface area contributed by atoms with Gasteiger partial charge in [-0.2, -0.15) is 0 Å². The molecule has 29 heavy (non-hydrogen) atoms. The quantitative estimate of drug-likeness (QED) is 0.650. The highest BCUT2D eigenvalue weighted by atomic mass is 32.1. The highest BCUT2D eigenvalue weighted by Gasteiger charge is 2.24. The van der Waals surface area contributed by atoms with Crippen LogP contribution in [-0.2, 0) is 4.79 Å². The fraction of sp³-hybridized carbons (Fsp3) is 0.364. The maximum absolute atomic E-state index is 12.5. The number of hydrogen-bond acceptors (Lipinski definition) is 5. The molecule has 0 bridgehead atoms. The van der Waals surface area contributed by atoms with Gasteiger partial charge in [0.15, 0.2) is 11.5 Å². The van der Waals surface area contributed by atoms with E-state index in [1.807, 2.05) is 42.6 Å². The van der Waals surface area contributed by atoms with Gasteiger partial charge in [-0.25, -0.2) is 0 Å². The molecule has 0 radical (unpaired) electrons. The first-order valence-corrected chi connectivity index (χ1v) is 10.6. The molecule has 1 aliphatic rings. The van der Waals surface area contributed by atoms with Crippen molar-refractivity contribution in [2.75, 3.05) is 39.9 Å². The lowest BCUT2D eigenvalue weighted by Gasteiger charge is -2.34. The summed E-state index contributed by atoms with van der Waals surface area (Å²) in [6, 6.07) is 9.31. The van der Waals surface area contributed by atoms with Gasteiger partial charge in [0.25, 0.3) is 5.91 Å². The van der Waals surface area contributed by atoms with Crippen LogP contribution in [0.2, 0.25) is 0 Å². The van der Waals surface area contributed by atoms with Crippen molar-refractivity contribution in [2.45, 2.75) is 13.3 Å². The molecule has 2 aromatic rings. The van der Waals surface area contributed by atoms with E-state index in [1.54, 1.807) is 29.1 Å². The smallest absolute Gasteiger partial charge is 0.264 e. The second kappa shape index (κ2) is 10.1. The Hall–Kier alpha value is -2.80. The normalized spacial score (nSPS) is 14.3. The Balaban J connectivity index is 1.55. The van der Waals surface area contributed by atoms with Gasteiger partial charge in [-0.05, 0) is 41.6 Å². The number of rotatable bonds is 7. The van der Waals surface area contributed by atoms with Crippen LogP contribution in [-0.4, -0.2) is 61.5 Å². The fourth-order valence-corrected chi connectivity index (χ4v) is 3.77. The number of amides is 2. The maximum Gasteiger partial charge on any atom is 0.264 e. The average Bonchev–Trinajstić information content (AvgIpc) is 3.30. The van der Waals surface area contributed by atoms with Crippen molar-refractivity contribution in [3.63, 3.8) is 0 Å². The van der Waals surface area contributed by atoms with Gasteiger partial charge in [0.05, 0.1) is 18.6 Å². The maximum atomic E-state index is 12.5. The van der Waals surface area contributed by atoms with E-state index < -0.39 is 0 Å². The molecule has 6 nitrogen and oxygen atoms in total. The molecule has 1 aromatic heterocycles. The number of thiophene rings is 1. The summed E-state index contributed by atoms with van der Waals surface area (Å²) in [5.74, 6) is 1.33. The Morgan fingerprint density at radius 3 is 2.52 bits per heavy atom. The molecule has 3 rings (SSSR count). The first-order chi connectivity index (χ1) is 14.1. The summed E-state index contributed by atoms with van der Waals surface area (Å²) in [6.07, 6.45) is 4.27. The van der Waals surface area contributed by atoms with E-state index in [2.05, 4.69) is 0 Å². The second-order valence-corrected chi connectivity index (χ2v) is 7.63. The standard InChI is InChI=1S/C22H26N2O4S/c1-3-14-28-18-8-6-17(16-19(18)27-2)7-9-21(25)23-10-12-24(13-11-23)22(26)20-5-4-15-29-20/h4-9,15-16H,3,10-14H2,1-2H3/b9-7+. The van der Waals surface area contributed by atoms with Gasteiger partial charge < -0.3 is 19.3 Å². The average molecular weight is 415 g/mol. The number of carbonyl (C=O) groups excluding carboxylic acids is 2. The Morgan fingerprint density at radius 2 is 1.86 bits per heavy atom.